The van der Waals surface area contributed by atoms with Crippen LogP contribution in [0.2, 0.25) is 0 Å². The van der Waals surface area contributed by atoms with Gasteiger partial charge in [0, 0.05) is 23.2 Å². The van der Waals surface area contributed by atoms with Crippen molar-refractivity contribution in [3.8, 4) is 16.9 Å². The molecule has 15 heteroatoms. The number of methoxy groups -OCH3 is 1. The van der Waals surface area contributed by atoms with Crippen LogP contribution in [0.1, 0.15) is 41.3 Å². The molecule has 248 valence electrons. The molecule has 0 radical (unpaired) electrons. The number of halogens is 5. The van der Waals surface area contributed by atoms with Crippen LogP contribution in [0.4, 0.5) is 22.0 Å². The topological polar surface area (TPSA) is 91.6 Å². The van der Waals surface area contributed by atoms with E-state index in [9.17, 15) is 27.6 Å². The van der Waals surface area contributed by atoms with Crippen molar-refractivity contribution < 1.29 is 35.7 Å². The standard InChI is InChI=1S/C32H31BF5N3O5S/c1-19-28(21-11-6-14-26(45-2)29(21)35)30(43)41(31(44)40(19)17-22-23(32(36,37)38)12-7-13-24(22)34)18-25(20-9-4-3-5-10-20)39-16-8-15-27(42)46-47-33/h3-7,9-14,25,39H,8,15-18,33H2,1-2H3/t25-/m0/s1. The first kappa shape index (κ1) is 35.5. The number of hydrogen-bond donors (Lipinski definition) is 1. The Hall–Kier alpha value is -4.37. The summed E-state index contributed by atoms with van der Waals surface area (Å²) in [7, 11) is 2.83. The Bertz CT molecular complexity index is 1850. The molecule has 0 fully saturated rings. The highest BCUT2D eigenvalue weighted by Crippen LogP contribution is 2.34. The predicted octanol–water partition coefficient (Wildman–Crippen LogP) is 5.19. The smallest absolute Gasteiger partial charge is 0.416 e. The third-order valence-electron chi connectivity index (χ3n) is 7.57. The molecule has 0 aliphatic heterocycles. The van der Waals surface area contributed by atoms with Gasteiger partial charge >= 0.3 is 17.8 Å². The Balaban J connectivity index is 1.90. The second kappa shape index (κ2) is 15.5. The van der Waals surface area contributed by atoms with Crippen molar-refractivity contribution in [3.63, 3.8) is 0 Å². The number of ether oxygens (including phenoxy) is 1. The number of hydrogen-bond acceptors (Lipinski definition) is 7. The number of carbonyl (C=O) groups is 1. The van der Waals surface area contributed by atoms with Crippen molar-refractivity contribution in [2.45, 2.75) is 45.1 Å². The molecule has 0 saturated heterocycles. The summed E-state index contributed by atoms with van der Waals surface area (Å²) >= 11 is 0.919. The van der Waals surface area contributed by atoms with Crippen LogP contribution in [-0.2, 0) is 28.2 Å². The summed E-state index contributed by atoms with van der Waals surface area (Å²) in [6.45, 7) is 0.320. The van der Waals surface area contributed by atoms with E-state index in [0.717, 1.165) is 33.2 Å². The van der Waals surface area contributed by atoms with Crippen molar-refractivity contribution in [2.24, 2.45) is 0 Å². The molecule has 1 N–H and O–H groups in total. The first-order valence-electron chi connectivity index (χ1n) is 14.4. The van der Waals surface area contributed by atoms with Gasteiger partial charge in [-0.1, -0.05) is 48.5 Å². The van der Waals surface area contributed by atoms with E-state index in [1.165, 1.54) is 32.2 Å². The highest BCUT2D eigenvalue weighted by Gasteiger charge is 2.35. The van der Waals surface area contributed by atoms with Crippen LogP contribution in [0.25, 0.3) is 11.1 Å². The summed E-state index contributed by atoms with van der Waals surface area (Å²) < 4.78 is 84.0. The van der Waals surface area contributed by atoms with Crippen molar-refractivity contribution in [3.05, 3.63) is 122 Å². The average molecular weight is 675 g/mol. The second-order valence-electron chi connectivity index (χ2n) is 10.5. The van der Waals surface area contributed by atoms with Crippen molar-refractivity contribution >= 4 is 25.0 Å². The lowest BCUT2D eigenvalue weighted by atomic mass is 10.0. The molecule has 0 aliphatic carbocycles. The molecule has 0 bridgehead atoms. The minimum Gasteiger partial charge on any atom is -0.494 e. The van der Waals surface area contributed by atoms with Gasteiger partial charge in [-0.25, -0.2) is 13.6 Å². The minimum atomic E-state index is -4.95. The van der Waals surface area contributed by atoms with Gasteiger partial charge in [-0.3, -0.25) is 18.7 Å². The molecule has 0 aliphatic rings. The number of carbonyl (C=O) groups excluding carboxylic acids is 1. The quantitative estimate of drug-likeness (QED) is 0.0904. The zero-order chi connectivity index (χ0) is 34.3. The summed E-state index contributed by atoms with van der Waals surface area (Å²) in [5, 5.41) is 3.22. The van der Waals surface area contributed by atoms with Crippen LogP contribution in [0.5, 0.6) is 5.75 Å². The van der Waals surface area contributed by atoms with Gasteiger partial charge in [0.15, 0.2) is 11.6 Å². The van der Waals surface area contributed by atoms with E-state index < -0.39 is 58.7 Å². The first-order valence-corrected chi connectivity index (χ1v) is 15.6. The molecular weight excluding hydrogens is 644 g/mol. The van der Waals surface area contributed by atoms with Crippen LogP contribution in [0.3, 0.4) is 0 Å². The Morgan fingerprint density at radius 2 is 1.70 bits per heavy atom. The van der Waals surface area contributed by atoms with Crippen molar-refractivity contribution in [1.29, 1.82) is 0 Å². The van der Waals surface area contributed by atoms with Crippen LogP contribution >= 0.6 is 11.9 Å². The second-order valence-corrected chi connectivity index (χ2v) is 11.0. The molecule has 0 saturated carbocycles. The summed E-state index contributed by atoms with van der Waals surface area (Å²) in [5.41, 5.74) is -4.12. The maximum absolute atomic E-state index is 15.6. The molecule has 0 amide bonds. The monoisotopic (exact) mass is 675 g/mol. The number of nitrogens with zero attached hydrogens (tertiary/aromatic N) is 2. The maximum atomic E-state index is 15.6. The van der Waals surface area contributed by atoms with Gasteiger partial charge in [-0.2, -0.15) is 13.2 Å². The largest absolute Gasteiger partial charge is 0.494 e. The zero-order valence-electron chi connectivity index (χ0n) is 25.7. The lowest BCUT2D eigenvalue weighted by Crippen LogP contribution is -2.45. The molecule has 8 nitrogen and oxygen atoms in total. The van der Waals surface area contributed by atoms with E-state index in [1.807, 2.05) is 0 Å². The van der Waals surface area contributed by atoms with Gasteiger partial charge < -0.3 is 14.2 Å². The highest BCUT2D eigenvalue weighted by atomic mass is 32.2. The fraction of sp³-hybridized carbons (Fsp3) is 0.281. The molecule has 47 heavy (non-hydrogen) atoms. The Morgan fingerprint density at radius 3 is 2.36 bits per heavy atom. The number of benzene rings is 3. The van der Waals surface area contributed by atoms with E-state index >= 15 is 8.78 Å². The zero-order valence-corrected chi connectivity index (χ0v) is 26.5. The maximum Gasteiger partial charge on any atom is 0.416 e. The van der Waals surface area contributed by atoms with Gasteiger partial charge in [0.2, 0.25) is 7.12 Å². The van der Waals surface area contributed by atoms with Crippen LogP contribution in [0, 0.1) is 18.6 Å². The molecule has 0 spiro atoms. The third-order valence-corrected chi connectivity index (χ3v) is 7.92. The number of alkyl halides is 3. The van der Waals surface area contributed by atoms with E-state index in [1.54, 1.807) is 37.5 Å². The molecule has 1 atom stereocenters. The van der Waals surface area contributed by atoms with E-state index in [-0.39, 0.29) is 42.1 Å². The first-order chi connectivity index (χ1) is 22.4. The summed E-state index contributed by atoms with van der Waals surface area (Å²) in [5.74, 6) is -2.77. The number of rotatable bonds is 13. The fourth-order valence-electron chi connectivity index (χ4n) is 5.26. The highest BCUT2D eigenvalue weighted by molar-refractivity contribution is 8.16. The average Bonchev–Trinajstić information content (AvgIpc) is 3.03. The van der Waals surface area contributed by atoms with Crippen LogP contribution in [0.15, 0.2) is 76.3 Å². The minimum absolute atomic E-state index is 0.0933. The number of nitrogens with one attached hydrogen (secondary N) is 1. The Kier molecular flexibility index (Phi) is 11.7. The van der Waals surface area contributed by atoms with Crippen LogP contribution < -0.4 is 21.3 Å². The SMILES string of the molecule is BSOC(=O)CCCN[C@@H](Cn1c(=O)c(-c2cccc(OC)c2F)c(C)n(Cc2c(F)cccc2C(F)(F)F)c1=O)c1ccccc1. The normalized spacial score (nSPS) is 12.1. The molecule has 1 heterocycles. The lowest BCUT2D eigenvalue weighted by Gasteiger charge is -2.24. The molecule has 4 aromatic rings. The van der Waals surface area contributed by atoms with Crippen LogP contribution in [-0.4, -0.2) is 35.9 Å². The van der Waals surface area contributed by atoms with Gasteiger partial charge in [-0.05, 0) is 55.5 Å². The summed E-state index contributed by atoms with van der Waals surface area (Å²) in [4.78, 5) is 40.0. The predicted molar refractivity (Wildman–Crippen MR) is 171 cm³/mol. The van der Waals surface area contributed by atoms with Crippen molar-refractivity contribution in [2.75, 3.05) is 13.7 Å². The Labute approximate surface area is 272 Å². The third kappa shape index (κ3) is 8.14. The molecular formula is C32H31BF5N3O5S. The summed E-state index contributed by atoms with van der Waals surface area (Å²) in [6.07, 6.45) is -4.50. The van der Waals surface area contributed by atoms with Gasteiger partial charge in [0.25, 0.3) is 5.56 Å². The van der Waals surface area contributed by atoms with E-state index in [0.29, 0.717) is 18.1 Å². The lowest BCUT2D eigenvalue weighted by molar-refractivity contribution is -0.138. The Morgan fingerprint density at radius 1 is 1.00 bits per heavy atom. The van der Waals surface area contributed by atoms with Gasteiger partial charge in [0.1, 0.15) is 5.82 Å². The van der Waals surface area contributed by atoms with E-state index in [4.69, 9.17) is 8.92 Å². The van der Waals surface area contributed by atoms with Gasteiger partial charge in [0.05, 0.1) is 37.4 Å². The molecule has 1 aromatic heterocycles. The molecule has 4 rings (SSSR count). The van der Waals surface area contributed by atoms with Crippen molar-refractivity contribution in [1.82, 2.24) is 14.5 Å². The fourth-order valence-corrected chi connectivity index (χ4v) is 5.53. The van der Waals surface area contributed by atoms with E-state index in [2.05, 4.69) is 5.32 Å². The molecule has 0 unspecified atom stereocenters. The molecule has 3 aromatic carbocycles. The van der Waals surface area contributed by atoms with Gasteiger partial charge in [-0.15, -0.1) is 0 Å². The number of aromatic nitrogens is 2. The summed E-state index contributed by atoms with van der Waals surface area (Å²) in [6, 6.07) is 14.5.